The SMILES string of the molecule is Cc1nc(SC(N)=[NH2+])cc(=S)[nH]1.Cl. The van der Waals surface area contributed by atoms with Crippen LogP contribution in [0.1, 0.15) is 5.82 Å². The summed E-state index contributed by atoms with van der Waals surface area (Å²) in [5.41, 5.74) is 5.30. The predicted molar refractivity (Wildman–Crippen MR) is 58.4 cm³/mol. The first-order valence-electron chi connectivity index (χ1n) is 3.21. The summed E-state index contributed by atoms with van der Waals surface area (Å²) >= 11 is 6.14. The molecule has 7 heteroatoms. The van der Waals surface area contributed by atoms with Crippen molar-refractivity contribution in [2.45, 2.75) is 11.9 Å². The highest BCUT2D eigenvalue weighted by molar-refractivity contribution is 8.13. The van der Waals surface area contributed by atoms with E-state index in [-0.39, 0.29) is 17.6 Å². The molecule has 0 atom stereocenters. The third kappa shape index (κ3) is 4.25. The lowest BCUT2D eigenvalue weighted by molar-refractivity contribution is -0.110. The third-order valence-electron chi connectivity index (χ3n) is 1.06. The molecule has 72 valence electrons. The molecule has 4 nitrogen and oxygen atoms in total. The molecule has 0 spiro atoms. The summed E-state index contributed by atoms with van der Waals surface area (Å²) in [6, 6.07) is 1.72. The van der Waals surface area contributed by atoms with Crippen molar-refractivity contribution in [3.05, 3.63) is 16.5 Å². The van der Waals surface area contributed by atoms with E-state index in [1.54, 1.807) is 6.07 Å². The molecule has 1 aromatic rings. The molecule has 0 unspecified atom stereocenters. The Balaban J connectivity index is 0.00000144. The van der Waals surface area contributed by atoms with Gasteiger partial charge in [0.2, 0.25) is 0 Å². The molecule has 0 radical (unpaired) electrons. The zero-order chi connectivity index (χ0) is 9.14. The summed E-state index contributed by atoms with van der Waals surface area (Å²) in [6.07, 6.45) is 0. The third-order valence-corrected chi connectivity index (χ3v) is 1.93. The second-order valence-electron chi connectivity index (χ2n) is 2.17. The maximum absolute atomic E-state index is 5.30. The van der Waals surface area contributed by atoms with Crippen LogP contribution in [0.2, 0.25) is 0 Å². The molecular weight excluding hydrogens is 228 g/mol. The molecule has 0 amide bonds. The number of rotatable bonds is 1. The van der Waals surface area contributed by atoms with Gasteiger partial charge >= 0.3 is 5.17 Å². The smallest absolute Gasteiger partial charge is 0.306 e. The van der Waals surface area contributed by atoms with Gasteiger partial charge in [-0.15, -0.1) is 12.4 Å². The Labute approximate surface area is 91.3 Å². The fourth-order valence-corrected chi connectivity index (χ4v) is 1.66. The largest absolute Gasteiger partial charge is 0.335 e. The number of nitrogens with zero attached hydrogens (tertiary/aromatic N) is 1. The number of halogens is 1. The van der Waals surface area contributed by atoms with Crippen molar-refractivity contribution in [2.24, 2.45) is 5.73 Å². The van der Waals surface area contributed by atoms with Gasteiger partial charge in [-0.05, 0) is 6.92 Å². The van der Waals surface area contributed by atoms with Gasteiger partial charge in [-0.1, -0.05) is 12.2 Å². The lowest BCUT2D eigenvalue weighted by Gasteiger charge is -1.96. The summed E-state index contributed by atoms with van der Waals surface area (Å²) in [5, 5.41) is 6.28. The van der Waals surface area contributed by atoms with E-state index >= 15 is 0 Å². The number of aromatic amines is 1. The van der Waals surface area contributed by atoms with Crippen molar-refractivity contribution in [3.63, 3.8) is 0 Å². The van der Waals surface area contributed by atoms with Crippen molar-refractivity contribution < 1.29 is 5.41 Å². The zero-order valence-electron chi connectivity index (χ0n) is 6.90. The molecule has 1 heterocycles. The van der Waals surface area contributed by atoms with Gasteiger partial charge in [0.15, 0.2) is 0 Å². The van der Waals surface area contributed by atoms with Crippen LogP contribution in [0.15, 0.2) is 11.1 Å². The van der Waals surface area contributed by atoms with Crippen molar-refractivity contribution in [1.82, 2.24) is 9.97 Å². The van der Waals surface area contributed by atoms with Crippen molar-refractivity contribution in [2.75, 3.05) is 0 Å². The number of aryl methyl sites for hydroxylation is 1. The monoisotopic (exact) mass is 237 g/mol. The maximum atomic E-state index is 5.30. The first-order valence-corrected chi connectivity index (χ1v) is 4.44. The number of H-pyrrole nitrogens is 1. The van der Waals surface area contributed by atoms with Gasteiger partial charge in [0.05, 0.1) is 0 Å². The molecule has 0 aliphatic heterocycles. The van der Waals surface area contributed by atoms with Gasteiger partial charge < -0.3 is 4.98 Å². The number of hydrogen-bond donors (Lipinski definition) is 3. The molecule has 0 saturated carbocycles. The van der Waals surface area contributed by atoms with Gasteiger partial charge in [0.1, 0.15) is 15.5 Å². The Kier molecular flexibility index (Phi) is 4.97. The fourth-order valence-electron chi connectivity index (χ4n) is 0.725. The Hall–Kier alpha value is -0.590. The summed E-state index contributed by atoms with van der Waals surface area (Å²) < 4.78 is 0.631. The van der Waals surface area contributed by atoms with E-state index in [1.807, 2.05) is 6.92 Å². The highest BCUT2D eigenvalue weighted by Crippen LogP contribution is 2.12. The minimum Gasteiger partial charge on any atom is -0.335 e. The second kappa shape index (κ2) is 5.21. The number of nitrogens with one attached hydrogen (secondary N) is 1. The predicted octanol–water partition coefficient (Wildman–Crippen LogP) is 0.0353. The van der Waals surface area contributed by atoms with Gasteiger partial charge in [-0.3, -0.25) is 11.1 Å². The van der Waals surface area contributed by atoms with E-state index in [0.29, 0.717) is 4.64 Å². The standard InChI is InChI=1S/C6H8N4S2.ClH/c1-3-9-4(11)2-5(10-3)12-6(7)8;/h2H,1H3,(H3,7,8)(H,9,10,11);1H/p+1. The van der Waals surface area contributed by atoms with Crippen molar-refractivity contribution in [3.8, 4) is 0 Å². The van der Waals surface area contributed by atoms with E-state index in [0.717, 1.165) is 10.9 Å². The van der Waals surface area contributed by atoms with Crippen molar-refractivity contribution in [1.29, 1.82) is 0 Å². The van der Waals surface area contributed by atoms with Crippen LogP contribution >= 0.6 is 36.4 Å². The Morgan fingerprint density at radius 3 is 2.85 bits per heavy atom. The molecule has 0 fully saturated rings. The van der Waals surface area contributed by atoms with E-state index in [1.165, 1.54) is 11.8 Å². The molecule has 13 heavy (non-hydrogen) atoms. The minimum atomic E-state index is 0. The molecule has 0 saturated heterocycles. The van der Waals surface area contributed by atoms with Crippen LogP contribution in [0, 0.1) is 11.6 Å². The molecule has 0 aliphatic carbocycles. The van der Waals surface area contributed by atoms with Gasteiger partial charge in [-0.2, -0.15) is 0 Å². The Morgan fingerprint density at radius 1 is 1.77 bits per heavy atom. The number of hydrogen-bond acceptors (Lipinski definition) is 3. The summed E-state index contributed by atoms with van der Waals surface area (Å²) in [6.45, 7) is 1.83. The first kappa shape index (κ1) is 12.4. The lowest BCUT2D eigenvalue weighted by Crippen LogP contribution is -2.43. The summed E-state index contributed by atoms with van der Waals surface area (Å²) in [4.78, 5) is 7.02. The highest BCUT2D eigenvalue weighted by Gasteiger charge is 2.02. The van der Waals surface area contributed by atoms with Gasteiger partial charge in [0.25, 0.3) is 0 Å². The number of amidine groups is 1. The molecule has 5 N–H and O–H groups in total. The Bertz CT molecular complexity index is 362. The Morgan fingerprint density at radius 2 is 2.38 bits per heavy atom. The molecule has 0 bridgehead atoms. The second-order valence-corrected chi connectivity index (χ2v) is 3.71. The van der Waals surface area contributed by atoms with Crippen LogP contribution in [0.3, 0.4) is 0 Å². The number of nitrogens with two attached hydrogens (primary N) is 2. The molecule has 0 aromatic carbocycles. The number of aromatic nitrogens is 2. The highest BCUT2D eigenvalue weighted by atomic mass is 35.5. The van der Waals surface area contributed by atoms with Gasteiger partial charge in [0, 0.05) is 17.8 Å². The van der Waals surface area contributed by atoms with E-state index in [2.05, 4.69) is 9.97 Å². The van der Waals surface area contributed by atoms with Crippen LogP contribution in [-0.4, -0.2) is 15.1 Å². The van der Waals surface area contributed by atoms with Crippen molar-refractivity contribution >= 4 is 41.6 Å². The quantitative estimate of drug-likeness (QED) is 0.212. The molecule has 0 aliphatic rings. The van der Waals surface area contributed by atoms with Gasteiger partial charge in [-0.25, -0.2) is 4.98 Å². The van der Waals surface area contributed by atoms with Crippen LogP contribution in [0.25, 0.3) is 0 Å². The van der Waals surface area contributed by atoms with E-state index < -0.39 is 0 Å². The minimum absolute atomic E-state index is 0. The van der Waals surface area contributed by atoms with Crippen LogP contribution in [0.4, 0.5) is 0 Å². The van der Waals surface area contributed by atoms with Crippen LogP contribution in [0.5, 0.6) is 0 Å². The molecular formula is C6H10ClN4S2+. The summed E-state index contributed by atoms with van der Waals surface area (Å²) in [7, 11) is 0. The average Bonchev–Trinajstić information content (AvgIpc) is 1.81. The normalized spacial score (nSPS) is 9.00. The first-order chi connectivity index (χ1) is 5.58. The average molecular weight is 238 g/mol. The number of thioether (sulfide) groups is 1. The summed E-state index contributed by atoms with van der Waals surface area (Å²) in [5.74, 6) is 0.756. The fraction of sp³-hybridized carbons (Fsp3) is 0.167. The van der Waals surface area contributed by atoms with Crippen LogP contribution in [-0.2, 0) is 0 Å². The molecule has 1 aromatic heterocycles. The zero-order valence-corrected chi connectivity index (χ0v) is 9.35. The van der Waals surface area contributed by atoms with E-state index in [9.17, 15) is 0 Å². The van der Waals surface area contributed by atoms with E-state index in [4.69, 9.17) is 23.4 Å². The lowest BCUT2D eigenvalue weighted by atomic mass is 10.6. The topological polar surface area (TPSA) is 80.3 Å². The molecule has 1 rings (SSSR count). The van der Waals surface area contributed by atoms with Crippen LogP contribution < -0.4 is 11.1 Å². The maximum Gasteiger partial charge on any atom is 0.306 e.